The predicted octanol–water partition coefficient (Wildman–Crippen LogP) is 3.62. The highest BCUT2D eigenvalue weighted by molar-refractivity contribution is 8.00. The molecule has 0 unspecified atom stereocenters. The van der Waals surface area contributed by atoms with Gasteiger partial charge in [0.2, 0.25) is 11.7 Å². The summed E-state index contributed by atoms with van der Waals surface area (Å²) in [6.45, 7) is 3.80. The molecule has 0 radical (unpaired) electrons. The van der Waals surface area contributed by atoms with Crippen LogP contribution in [0, 0.1) is 13.8 Å². The number of nitrogens with zero attached hydrogens (tertiary/aromatic N) is 1. The minimum atomic E-state index is -0.480. The molecule has 0 atom stereocenters. The van der Waals surface area contributed by atoms with Crippen LogP contribution < -0.4 is 4.90 Å². The molecule has 0 bridgehead atoms. The van der Waals surface area contributed by atoms with Gasteiger partial charge in [-0.05, 0) is 32.0 Å². The van der Waals surface area contributed by atoms with Crippen molar-refractivity contribution in [3.8, 4) is 0 Å². The average Bonchev–Trinajstić information content (AvgIpc) is 2.97. The number of carbonyl (C=O) groups excluding carboxylic acids is 3. The molecule has 1 aliphatic heterocycles. The number of Topliss-reactive ketones (excluding diaryl/α,β-unsaturated/α-hetero) is 1. The number of thioether (sulfide) groups is 1. The molecule has 2 heterocycles. The van der Waals surface area contributed by atoms with Gasteiger partial charge in [-0.15, -0.1) is 23.1 Å². The summed E-state index contributed by atoms with van der Waals surface area (Å²) in [5.41, 5.74) is 1.43. The van der Waals surface area contributed by atoms with E-state index in [0.717, 1.165) is 20.3 Å². The summed E-state index contributed by atoms with van der Waals surface area (Å²) in [4.78, 5) is 41.0. The van der Waals surface area contributed by atoms with Gasteiger partial charge in [-0.1, -0.05) is 12.1 Å². The lowest BCUT2D eigenvalue weighted by Crippen LogP contribution is -2.37. The second-order valence-corrected chi connectivity index (χ2v) is 8.44. The molecule has 5 nitrogen and oxygen atoms in total. The number of amides is 1. The summed E-state index contributed by atoms with van der Waals surface area (Å²) in [5.74, 6) is -0.342. The fourth-order valence-electron chi connectivity index (χ4n) is 2.81. The van der Waals surface area contributed by atoms with Crippen molar-refractivity contribution in [2.75, 3.05) is 23.8 Å². The maximum atomic E-state index is 12.2. The lowest BCUT2D eigenvalue weighted by molar-refractivity contribution is -0.142. The van der Waals surface area contributed by atoms with Crippen molar-refractivity contribution in [2.24, 2.45) is 0 Å². The van der Waals surface area contributed by atoms with Crippen LogP contribution in [0.3, 0.4) is 0 Å². The van der Waals surface area contributed by atoms with Gasteiger partial charge in [-0.3, -0.25) is 14.4 Å². The average molecular weight is 389 g/mol. The monoisotopic (exact) mass is 389 g/mol. The maximum absolute atomic E-state index is 12.2. The number of ketones is 1. The Hall–Kier alpha value is -2.12. The van der Waals surface area contributed by atoms with Gasteiger partial charge >= 0.3 is 5.97 Å². The number of benzene rings is 1. The first-order valence-electron chi connectivity index (χ1n) is 8.24. The van der Waals surface area contributed by atoms with E-state index in [-0.39, 0.29) is 31.3 Å². The maximum Gasteiger partial charge on any atom is 0.308 e. The van der Waals surface area contributed by atoms with Crippen LogP contribution >= 0.6 is 23.1 Å². The minimum Gasteiger partial charge on any atom is -0.457 e. The Morgan fingerprint density at radius 3 is 2.73 bits per heavy atom. The Bertz CT molecular complexity index is 859. The second-order valence-electron chi connectivity index (χ2n) is 5.96. The van der Waals surface area contributed by atoms with Crippen molar-refractivity contribution in [1.29, 1.82) is 0 Å². The van der Waals surface area contributed by atoms with Gasteiger partial charge in [-0.2, -0.15) is 0 Å². The molecule has 0 saturated heterocycles. The van der Waals surface area contributed by atoms with Crippen LogP contribution in [0.2, 0.25) is 0 Å². The van der Waals surface area contributed by atoms with Crippen LogP contribution in [0.5, 0.6) is 0 Å². The highest BCUT2D eigenvalue weighted by Crippen LogP contribution is 2.34. The van der Waals surface area contributed by atoms with E-state index in [2.05, 4.69) is 0 Å². The van der Waals surface area contributed by atoms with Crippen molar-refractivity contribution >= 4 is 46.4 Å². The summed E-state index contributed by atoms with van der Waals surface area (Å²) in [6.07, 6.45) is 0.0552. The van der Waals surface area contributed by atoms with Crippen molar-refractivity contribution in [2.45, 2.75) is 25.2 Å². The number of carbonyl (C=O) groups is 3. The normalized spacial score (nSPS) is 13.5. The molecule has 1 amide bonds. The quantitative estimate of drug-likeness (QED) is 0.558. The summed E-state index contributed by atoms with van der Waals surface area (Å²) in [6, 6.07) is 9.44. The number of rotatable bonds is 6. The van der Waals surface area contributed by atoms with Crippen molar-refractivity contribution in [3.63, 3.8) is 0 Å². The second kappa shape index (κ2) is 8.05. The SMILES string of the molecule is Cc1cc(C(=O)COC(=O)CCN2C(=O)CSc3ccccc32)c(C)s1. The number of para-hydroxylation sites is 1. The van der Waals surface area contributed by atoms with Crippen LogP contribution in [0.25, 0.3) is 0 Å². The van der Waals surface area contributed by atoms with E-state index in [4.69, 9.17) is 4.74 Å². The van der Waals surface area contributed by atoms with E-state index < -0.39 is 5.97 Å². The first-order valence-corrected chi connectivity index (χ1v) is 10.0. The van der Waals surface area contributed by atoms with Gasteiger partial charge in [0.05, 0.1) is 17.9 Å². The van der Waals surface area contributed by atoms with Crippen LogP contribution in [0.1, 0.15) is 26.5 Å². The van der Waals surface area contributed by atoms with E-state index in [1.54, 1.807) is 16.2 Å². The molecular formula is C19H19NO4S2. The zero-order valence-electron chi connectivity index (χ0n) is 14.6. The Balaban J connectivity index is 1.54. The number of hydrogen-bond acceptors (Lipinski definition) is 6. The molecule has 1 aromatic heterocycles. The van der Waals surface area contributed by atoms with E-state index >= 15 is 0 Å². The predicted molar refractivity (Wildman–Crippen MR) is 103 cm³/mol. The highest BCUT2D eigenvalue weighted by Gasteiger charge is 2.25. The van der Waals surface area contributed by atoms with Crippen molar-refractivity contribution < 1.29 is 19.1 Å². The van der Waals surface area contributed by atoms with E-state index in [1.165, 1.54) is 11.8 Å². The van der Waals surface area contributed by atoms with Gasteiger partial charge in [-0.25, -0.2) is 0 Å². The van der Waals surface area contributed by atoms with Gasteiger partial charge < -0.3 is 9.64 Å². The standard InChI is InChI=1S/C19H19NO4S2/c1-12-9-14(13(2)26-12)16(21)10-24-19(23)7-8-20-15-5-3-4-6-17(15)25-11-18(20)22/h3-6,9H,7-8,10-11H2,1-2H3. The van der Waals surface area contributed by atoms with Crippen LogP contribution in [-0.2, 0) is 14.3 Å². The summed E-state index contributed by atoms with van der Waals surface area (Å²) in [5, 5.41) is 0. The van der Waals surface area contributed by atoms with Gasteiger partial charge in [0.25, 0.3) is 0 Å². The van der Waals surface area contributed by atoms with Crippen molar-refractivity contribution in [1.82, 2.24) is 0 Å². The van der Waals surface area contributed by atoms with Crippen molar-refractivity contribution in [3.05, 3.63) is 45.6 Å². The summed E-state index contributed by atoms with van der Waals surface area (Å²) in [7, 11) is 0. The molecular weight excluding hydrogens is 370 g/mol. The number of esters is 1. The zero-order chi connectivity index (χ0) is 18.7. The van der Waals surface area contributed by atoms with Crippen LogP contribution in [-0.4, -0.2) is 36.6 Å². The first-order chi connectivity index (χ1) is 12.5. The third-order valence-electron chi connectivity index (χ3n) is 4.05. The Morgan fingerprint density at radius 1 is 1.23 bits per heavy atom. The smallest absolute Gasteiger partial charge is 0.308 e. The molecule has 7 heteroatoms. The van der Waals surface area contributed by atoms with Crippen LogP contribution in [0.15, 0.2) is 35.2 Å². The topological polar surface area (TPSA) is 63.7 Å². The molecule has 0 N–H and O–H groups in total. The fraction of sp³-hybridized carbons (Fsp3) is 0.316. The van der Waals surface area contributed by atoms with Gasteiger partial charge in [0.1, 0.15) is 0 Å². The van der Waals surface area contributed by atoms with E-state index in [9.17, 15) is 14.4 Å². The molecule has 3 rings (SSSR count). The molecule has 0 aliphatic carbocycles. The van der Waals surface area contributed by atoms with Gasteiger partial charge in [0, 0.05) is 26.8 Å². The highest BCUT2D eigenvalue weighted by atomic mass is 32.2. The number of fused-ring (bicyclic) bond motifs is 1. The Kier molecular flexibility index (Phi) is 5.78. The number of anilines is 1. The summed E-state index contributed by atoms with van der Waals surface area (Å²) >= 11 is 3.05. The third-order valence-corrected chi connectivity index (χ3v) is 6.07. The molecule has 0 spiro atoms. The van der Waals surface area contributed by atoms with E-state index in [0.29, 0.717) is 11.3 Å². The molecule has 2 aromatic rings. The zero-order valence-corrected chi connectivity index (χ0v) is 16.2. The largest absolute Gasteiger partial charge is 0.457 e. The van der Waals surface area contributed by atoms with Gasteiger partial charge in [0.15, 0.2) is 6.61 Å². The number of hydrogen-bond donors (Lipinski definition) is 0. The molecule has 1 aromatic carbocycles. The Labute approximate surface area is 160 Å². The number of aryl methyl sites for hydroxylation is 2. The molecule has 26 heavy (non-hydrogen) atoms. The molecule has 136 valence electrons. The molecule has 1 aliphatic rings. The lowest BCUT2D eigenvalue weighted by atomic mass is 10.2. The lowest BCUT2D eigenvalue weighted by Gasteiger charge is -2.28. The third kappa shape index (κ3) is 4.16. The van der Waals surface area contributed by atoms with Crippen LogP contribution in [0.4, 0.5) is 5.69 Å². The minimum absolute atomic E-state index is 0.0260. The molecule has 0 fully saturated rings. The van der Waals surface area contributed by atoms with E-state index in [1.807, 2.05) is 44.2 Å². The number of ether oxygens (including phenoxy) is 1. The first kappa shape index (κ1) is 18.7. The summed E-state index contributed by atoms with van der Waals surface area (Å²) < 4.78 is 5.11. The Morgan fingerprint density at radius 2 is 2.00 bits per heavy atom. The molecule has 0 saturated carbocycles. The fourth-order valence-corrected chi connectivity index (χ4v) is 4.68. The number of thiophene rings is 1.